The number of nitrogens with zero attached hydrogens (tertiary/aromatic N) is 2. The van der Waals surface area contributed by atoms with Crippen LogP contribution in [0.5, 0.6) is 0 Å². The van der Waals surface area contributed by atoms with Gasteiger partial charge >= 0.3 is 0 Å². The normalized spacial score (nSPS) is 10.5. The molecule has 0 aliphatic carbocycles. The molecule has 0 aliphatic rings. The first kappa shape index (κ1) is 23.1. The van der Waals surface area contributed by atoms with Gasteiger partial charge in [-0.25, -0.2) is 9.97 Å². The molecule has 1 heterocycles. The maximum absolute atomic E-state index is 12.4. The van der Waals surface area contributed by atoms with Gasteiger partial charge in [0.05, 0.1) is 5.69 Å². The van der Waals surface area contributed by atoms with Gasteiger partial charge in [0.15, 0.2) is 5.78 Å². The van der Waals surface area contributed by atoms with Gasteiger partial charge in [-0.2, -0.15) is 0 Å². The summed E-state index contributed by atoms with van der Waals surface area (Å²) in [4.78, 5) is 33.7. The molecule has 0 aliphatic heterocycles. The van der Waals surface area contributed by atoms with Crippen molar-refractivity contribution in [3.63, 3.8) is 0 Å². The number of anilines is 3. The second kappa shape index (κ2) is 10.7. The summed E-state index contributed by atoms with van der Waals surface area (Å²) in [5.74, 6) is 0.973. The lowest BCUT2D eigenvalue weighted by Gasteiger charge is -2.11. The first-order chi connectivity index (χ1) is 16.5. The zero-order valence-electron chi connectivity index (χ0n) is 18.6. The van der Waals surface area contributed by atoms with Crippen LogP contribution in [0.3, 0.4) is 0 Å². The SMILES string of the molecule is Cc1nc(Nc2cccc(NC(=O)CCC(=O)c3ccc(Cl)cc3)c2)cc(-c2ccccc2)n1. The predicted octanol–water partition coefficient (Wildman–Crippen LogP) is 6.45. The first-order valence-electron chi connectivity index (χ1n) is 10.8. The number of hydrogen-bond donors (Lipinski definition) is 2. The minimum absolute atomic E-state index is 0.0880. The summed E-state index contributed by atoms with van der Waals surface area (Å²) in [7, 11) is 0. The molecule has 0 spiro atoms. The van der Waals surface area contributed by atoms with Crippen molar-refractivity contribution >= 4 is 40.5 Å². The zero-order chi connectivity index (χ0) is 23.9. The van der Waals surface area contributed by atoms with Crippen LogP contribution < -0.4 is 10.6 Å². The molecule has 0 radical (unpaired) electrons. The van der Waals surface area contributed by atoms with Crippen molar-refractivity contribution in [2.75, 3.05) is 10.6 Å². The van der Waals surface area contributed by atoms with Crippen LogP contribution in [-0.4, -0.2) is 21.7 Å². The Morgan fingerprint density at radius 1 is 0.824 bits per heavy atom. The number of benzene rings is 3. The molecule has 6 nitrogen and oxygen atoms in total. The Morgan fingerprint density at radius 3 is 2.32 bits per heavy atom. The number of Topliss-reactive ketones (excluding diaryl/α,β-unsaturated/α-hetero) is 1. The van der Waals surface area contributed by atoms with Crippen molar-refractivity contribution in [1.82, 2.24) is 9.97 Å². The standard InChI is InChI=1S/C27H23ClN4O2/c1-18-29-24(19-6-3-2-4-7-19)17-26(30-18)31-22-8-5-9-23(16-22)32-27(34)15-14-25(33)20-10-12-21(28)13-11-20/h2-13,16-17H,14-15H2,1H3,(H,32,34)(H,29,30,31). The van der Waals surface area contributed by atoms with Gasteiger partial charge in [0.1, 0.15) is 11.6 Å². The summed E-state index contributed by atoms with van der Waals surface area (Å²) in [6.07, 6.45) is 0.207. The summed E-state index contributed by atoms with van der Waals surface area (Å²) in [6.45, 7) is 1.85. The van der Waals surface area contributed by atoms with E-state index in [0.717, 1.165) is 16.9 Å². The Balaban J connectivity index is 1.38. The highest BCUT2D eigenvalue weighted by Crippen LogP contribution is 2.23. The molecule has 0 fully saturated rings. The van der Waals surface area contributed by atoms with Gasteiger partial charge < -0.3 is 10.6 Å². The third-order valence-corrected chi connectivity index (χ3v) is 5.32. The molecule has 34 heavy (non-hydrogen) atoms. The van der Waals surface area contributed by atoms with Crippen molar-refractivity contribution in [2.24, 2.45) is 0 Å². The van der Waals surface area contributed by atoms with E-state index in [0.29, 0.717) is 27.9 Å². The second-order valence-electron chi connectivity index (χ2n) is 7.74. The van der Waals surface area contributed by atoms with Crippen molar-refractivity contribution in [2.45, 2.75) is 19.8 Å². The minimum atomic E-state index is -0.233. The third-order valence-electron chi connectivity index (χ3n) is 5.07. The highest BCUT2D eigenvalue weighted by atomic mass is 35.5. The lowest BCUT2D eigenvalue weighted by molar-refractivity contribution is -0.116. The van der Waals surface area contributed by atoms with Gasteiger partial charge in [-0.1, -0.05) is 48.0 Å². The summed E-state index contributed by atoms with van der Waals surface area (Å²) in [6, 6.07) is 25.8. The molecular weight excluding hydrogens is 448 g/mol. The molecule has 0 unspecified atom stereocenters. The van der Waals surface area contributed by atoms with E-state index in [1.54, 1.807) is 30.3 Å². The average molecular weight is 471 g/mol. The average Bonchev–Trinajstić information content (AvgIpc) is 2.83. The van der Waals surface area contributed by atoms with Crippen LogP contribution in [0, 0.1) is 6.92 Å². The fraction of sp³-hybridized carbons (Fsp3) is 0.111. The largest absolute Gasteiger partial charge is 0.340 e. The summed E-state index contributed by atoms with van der Waals surface area (Å²) >= 11 is 5.85. The molecule has 1 amide bonds. The monoisotopic (exact) mass is 470 g/mol. The summed E-state index contributed by atoms with van der Waals surface area (Å²) < 4.78 is 0. The quantitative estimate of drug-likeness (QED) is 0.289. The Hall–Kier alpha value is -4.03. The zero-order valence-corrected chi connectivity index (χ0v) is 19.3. The molecule has 1 aromatic heterocycles. The van der Waals surface area contributed by atoms with Crippen LogP contribution >= 0.6 is 11.6 Å². The van der Waals surface area contributed by atoms with Crippen LogP contribution in [-0.2, 0) is 4.79 Å². The molecule has 4 rings (SSSR count). The van der Waals surface area contributed by atoms with Crippen LogP contribution in [0.4, 0.5) is 17.2 Å². The topological polar surface area (TPSA) is 84.0 Å². The van der Waals surface area contributed by atoms with Crippen LogP contribution in [0.2, 0.25) is 5.02 Å². The number of halogens is 1. The molecule has 170 valence electrons. The molecule has 3 aromatic carbocycles. The number of carbonyl (C=O) groups excluding carboxylic acids is 2. The van der Waals surface area contributed by atoms with Crippen molar-refractivity contribution < 1.29 is 9.59 Å². The van der Waals surface area contributed by atoms with E-state index in [1.165, 1.54) is 0 Å². The Kier molecular flexibility index (Phi) is 7.30. The molecule has 2 N–H and O–H groups in total. The number of aryl methyl sites for hydroxylation is 1. The molecule has 0 atom stereocenters. The van der Waals surface area contributed by atoms with E-state index in [-0.39, 0.29) is 24.5 Å². The number of amides is 1. The number of carbonyl (C=O) groups is 2. The molecule has 0 saturated heterocycles. The van der Waals surface area contributed by atoms with E-state index in [9.17, 15) is 9.59 Å². The van der Waals surface area contributed by atoms with E-state index < -0.39 is 0 Å². The van der Waals surface area contributed by atoms with Crippen molar-refractivity contribution in [3.8, 4) is 11.3 Å². The highest BCUT2D eigenvalue weighted by Gasteiger charge is 2.10. The maximum Gasteiger partial charge on any atom is 0.224 e. The van der Waals surface area contributed by atoms with Crippen LogP contribution in [0.25, 0.3) is 11.3 Å². The maximum atomic E-state index is 12.4. The minimum Gasteiger partial charge on any atom is -0.340 e. The smallest absolute Gasteiger partial charge is 0.224 e. The van der Waals surface area contributed by atoms with Gasteiger partial charge in [0.25, 0.3) is 0 Å². The summed E-state index contributed by atoms with van der Waals surface area (Å²) in [5.41, 5.74) is 3.77. The van der Waals surface area contributed by atoms with E-state index in [1.807, 2.05) is 61.5 Å². The Bertz CT molecular complexity index is 1310. The highest BCUT2D eigenvalue weighted by molar-refractivity contribution is 6.30. The fourth-order valence-electron chi connectivity index (χ4n) is 3.44. The lowest BCUT2D eigenvalue weighted by atomic mass is 10.1. The van der Waals surface area contributed by atoms with Crippen molar-refractivity contribution in [3.05, 3.63) is 101 Å². The lowest BCUT2D eigenvalue weighted by Crippen LogP contribution is -2.13. The Labute approximate surface area is 203 Å². The number of nitrogens with one attached hydrogen (secondary N) is 2. The predicted molar refractivity (Wildman–Crippen MR) is 136 cm³/mol. The van der Waals surface area contributed by atoms with Gasteiger partial charge in [-0.15, -0.1) is 0 Å². The number of hydrogen-bond acceptors (Lipinski definition) is 5. The van der Waals surface area contributed by atoms with Crippen LogP contribution in [0.15, 0.2) is 84.9 Å². The van der Waals surface area contributed by atoms with Gasteiger partial charge in [-0.05, 0) is 49.4 Å². The van der Waals surface area contributed by atoms with Crippen LogP contribution in [0.1, 0.15) is 29.0 Å². The fourth-order valence-corrected chi connectivity index (χ4v) is 3.57. The number of aromatic nitrogens is 2. The van der Waals surface area contributed by atoms with E-state index in [4.69, 9.17) is 11.6 Å². The number of ketones is 1. The molecule has 0 saturated carbocycles. The third kappa shape index (κ3) is 6.27. The molecule has 7 heteroatoms. The molecule has 0 bridgehead atoms. The van der Waals surface area contributed by atoms with Crippen molar-refractivity contribution in [1.29, 1.82) is 0 Å². The van der Waals surface area contributed by atoms with E-state index in [2.05, 4.69) is 20.6 Å². The Morgan fingerprint density at radius 2 is 1.56 bits per heavy atom. The second-order valence-corrected chi connectivity index (χ2v) is 8.17. The van der Waals surface area contributed by atoms with Gasteiger partial charge in [0, 0.05) is 46.4 Å². The first-order valence-corrected chi connectivity index (χ1v) is 11.2. The summed E-state index contributed by atoms with van der Waals surface area (Å²) in [5, 5.41) is 6.69. The van der Waals surface area contributed by atoms with Gasteiger partial charge in [-0.3, -0.25) is 9.59 Å². The number of rotatable bonds is 8. The van der Waals surface area contributed by atoms with Gasteiger partial charge in [0.2, 0.25) is 5.91 Å². The van der Waals surface area contributed by atoms with E-state index >= 15 is 0 Å². The molecular formula is C27H23ClN4O2. The molecule has 4 aromatic rings.